The van der Waals surface area contributed by atoms with E-state index in [0.717, 1.165) is 22.7 Å². The van der Waals surface area contributed by atoms with Gasteiger partial charge in [-0.2, -0.15) is 0 Å². The molecule has 0 amide bonds. The minimum atomic E-state index is 0.670. The van der Waals surface area contributed by atoms with Gasteiger partial charge in [0.2, 0.25) is 0 Å². The molecule has 0 saturated carbocycles. The molecule has 0 saturated heterocycles. The fraction of sp³-hybridized carbons (Fsp3) is 0.0909. The van der Waals surface area contributed by atoms with E-state index in [9.17, 15) is 0 Å². The standard InChI is InChI=1S/C11H8BrN5O/c12-6-9-5-11(18-14-9)8-2-1-3-10(4-8)17-7-13-15-16-17/h1-5,7H,6H2. The topological polar surface area (TPSA) is 69.6 Å². The lowest BCUT2D eigenvalue weighted by Crippen LogP contribution is -1.94. The minimum Gasteiger partial charge on any atom is -0.356 e. The molecule has 0 aliphatic carbocycles. The molecule has 0 aliphatic rings. The average molecular weight is 306 g/mol. The lowest BCUT2D eigenvalue weighted by Gasteiger charge is -2.00. The number of hydrogen-bond acceptors (Lipinski definition) is 5. The van der Waals surface area contributed by atoms with Crippen molar-refractivity contribution in [2.75, 3.05) is 0 Å². The van der Waals surface area contributed by atoms with Crippen LogP contribution in [0.4, 0.5) is 0 Å². The molecule has 0 bridgehead atoms. The summed E-state index contributed by atoms with van der Waals surface area (Å²) in [5.74, 6) is 0.722. The molecule has 7 heteroatoms. The van der Waals surface area contributed by atoms with E-state index >= 15 is 0 Å². The van der Waals surface area contributed by atoms with E-state index in [2.05, 4.69) is 36.6 Å². The van der Waals surface area contributed by atoms with E-state index in [1.807, 2.05) is 30.3 Å². The highest BCUT2D eigenvalue weighted by Crippen LogP contribution is 2.23. The molecule has 18 heavy (non-hydrogen) atoms. The number of benzene rings is 1. The summed E-state index contributed by atoms with van der Waals surface area (Å²) in [6.07, 6.45) is 1.55. The number of hydrogen-bond donors (Lipinski definition) is 0. The van der Waals surface area contributed by atoms with Gasteiger partial charge in [0.15, 0.2) is 5.76 Å². The number of tetrazole rings is 1. The van der Waals surface area contributed by atoms with Crippen LogP contribution in [0.5, 0.6) is 0 Å². The third-order valence-electron chi connectivity index (χ3n) is 2.44. The first-order valence-electron chi connectivity index (χ1n) is 5.22. The summed E-state index contributed by atoms with van der Waals surface area (Å²) in [4.78, 5) is 0. The molecule has 2 heterocycles. The van der Waals surface area contributed by atoms with Crippen molar-refractivity contribution >= 4 is 15.9 Å². The van der Waals surface area contributed by atoms with Crippen LogP contribution in [-0.2, 0) is 5.33 Å². The van der Waals surface area contributed by atoms with Crippen LogP contribution < -0.4 is 0 Å². The molecule has 0 aliphatic heterocycles. The van der Waals surface area contributed by atoms with Crippen molar-refractivity contribution in [2.24, 2.45) is 0 Å². The molecule has 2 aromatic heterocycles. The molecule has 1 aromatic carbocycles. The maximum absolute atomic E-state index is 5.27. The van der Waals surface area contributed by atoms with Gasteiger partial charge >= 0.3 is 0 Å². The second-order valence-corrected chi connectivity index (χ2v) is 4.18. The van der Waals surface area contributed by atoms with Crippen molar-refractivity contribution in [3.63, 3.8) is 0 Å². The molecule has 0 radical (unpaired) electrons. The van der Waals surface area contributed by atoms with Crippen molar-refractivity contribution in [3.05, 3.63) is 42.4 Å². The third-order valence-corrected chi connectivity index (χ3v) is 3.01. The number of aromatic nitrogens is 5. The summed E-state index contributed by atoms with van der Waals surface area (Å²) in [5, 5.41) is 15.7. The maximum atomic E-state index is 5.27. The summed E-state index contributed by atoms with van der Waals surface area (Å²) >= 11 is 3.34. The lowest BCUT2D eigenvalue weighted by atomic mass is 10.1. The van der Waals surface area contributed by atoms with Crippen LogP contribution in [0.15, 0.2) is 41.2 Å². The molecule has 0 atom stereocenters. The van der Waals surface area contributed by atoms with Crippen LogP contribution in [0.2, 0.25) is 0 Å². The van der Waals surface area contributed by atoms with Crippen molar-refractivity contribution in [2.45, 2.75) is 5.33 Å². The van der Waals surface area contributed by atoms with Gasteiger partial charge in [-0.25, -0.2) is 4.68 Å². The van der Waals surface area contributed by atoms with E-state index in [4.69, 9.17) is 4.52 Å². The number of halogens is 1. The van der Waals surface area contributed by atoms with Gasteiger partial charge in [0.05, 0.1) is 11.4 Å². The monoisotopic (exact) mass is 305 g/mol. The zero-order chi connectivity index (χ0) is 12.4. The Morgan fingerprint density at radius 2 is 2.22 bits per heavy atom. The Labute approximate surface area is 111 Å². The van der Waals surface area contributed by atoms with Crippen LogP contribution >= 0.6 is 15.9 Å². The van der Waals surface area contributed by atoms with Gasteiger partial charge in [-0.05, 0) is 22.6 Å². The second kappa shape index (κ2) is 4.69. The van der Waals surface area contributed by atoms with Crippen LogP contribution in [0, 0.1) is 0 Å². The van der Waals surface area contributed by atoms with E-state index in [-0.39, 0.29) is 0 Å². The molecule has 90 valence electrons. The first-order valence-corrected chi connectivity index (χ1v) is 6.34. The Morgan fingerprint density at radius 1 is 1.28 bits per heavy atom. The van der Waals surface area contributed by atoms with E-state index in [1.54, 1.807) is 11.0 Å². The molecule has 3 rings (SSSR count). The Bertz CT molecular complexity index is 649. The molecular formula is C11H8BrN5O. The van der Waals surface area contributed by atoms with Crippen molar-refractivity contribution in [3.8, 4) is 17.0 Å². The molecule has 3 aromatic rings. The van der Waals surface area contributed by atoms with Gasteiger partial charge < -0.3 is 4.52 Å². The normalized spacial score (nSPS) is 10.7. The molecule has 6 nitrogen and oxygen atoms in total. The maximum Gasteiger partial charge on any atom is 0.167 e. The fourth-order valence-corrected chi connectivity index (χ4v) is 1.86. The first-order chi connectivity index (χ1) is 8.86. The number of alkyl halides is 1. The Hall–Kier alpha value is -2.02. The van der Waals surface area contributed by atoms with E-state index < -0.39 is 0 Å². The zero-order valence-electron chi connectivity index (χ0n) is 9.19. The summed E-state index contributed by atoms with van der Waals surface area (Å²) in [7, 11) is 0. The molecular weight excluding hydrogens is 298 g/mol. The summed E-state index contributed by atoms with van der Waals surface area (Å²) < 4.78 is 6.86. The molecule has 0 unspecified atom stereocenters. The van der Waals surface area contributed by atoms with Crippen molar-refractivity contribution < 1.29 is 4.52 Å². The van der Waals surface area contributed by atoms with Gasteiger partial charge in [0.1, 0.15) is 6.33 Å². The predicted octanol–water partition coefficient (Wildman–Crippen LogP) is 2.21. The number of nitrogens with zero attached hydrogens (tertiary/aromatic N) is 5. The predicted molar refractivity (Wildman–Crippen MR) is 67.3 cm³/mol. The highest BCUT2D eigenvalue weighted by atomic mass is 79.9. The van der Waals surface area contributed by atoms with E-state index in [0.29, 0.717) is 5.33 Å². The smallest absolute Gasteiger partial charge is 0.167 e. The summed E-state index contributed by atoms with van der Waals surface area (Å²) in [6.45, 7) is 0. The van der Waals surface area contributed by atoms with Gasteiger partial charge in [-0.3, -0.25) is 0 Å². The molecule has 0 N–H and O–H groups in total. The number of rotatable bonds is 3. The Balaban J connectivity index is 2.00. The van der Waals surface area contributed by atoms with Crippen LogP contribution in [0.25, 0.3) is 17.0 Å². The lowest BCUT2D eigenvalue weighted by molar-refractivity contribution is 0.426. The highest BCUT2D eigenvalue weighted by molar-refractivity contribution is 9.08. The Kier molecular flexibility index (Phi) is 2.89. The van der Waals surface area contributed by atoms with Gasteiger partial charge in [0, 0.05) is 17.0 Å². The quantitative estimate of drug-likeness (QED) is 0.694. The van der Waals surface area contributed by atoms with E-state index in [1.165, 1.54) is 0 Å². The summed E-state index contributed by atoms with van der Waals surface area (Å²) in [6, 6.07) is 9.62. The average Bonchev–Trinajstić information content (AvgIpc) is 3.10. The zero-order valence-corrected chi connectivity index (χ0v) is 10.8. The second-order valence-electron chi connectivity index (χ2n) is 3.62. The molecule has 0 fully saturated rings. The van der Waals surface area contributed by atoms with Crippen LogP contribution in [0.1, 0.15) is 5.69 Å². The van der Waals surface area contributed by atoms with Crippen LogP contribution in [0.3, 0.4) is 0 Å². The highest BCUT2D eigenvalue weighted by Gasteiger charge is 2.07. The van der Waals surface area contributed by atoms with Crippen molar-refractivity contribution in [1.82, 2.24) is 25.4 Å². The largest absolute Gasteiger partial charge is 0.356 e. The SMILES string of the molecule is BrCc1cc(-c2cccc(-n3cnnn3)c2)on1. The van der Waals surface area contributed by atoms with Gasteiger partial charge in [-0.1, -0.05) is 33.2 Å². The Morgan fingerprint density at radius 3 is 2.94 bits per heavy atom. The fourth-order valence-electron chi connectivity index (χ4n) is 1.59. The summed E-state index contributed by atoms with van der Waals surface area (Å²) in [5.41, 5.74) is 2.66. The first kappa shape index (κ1) is 11.1. The van der Waals surface area contributed by atoms with Gasteiger partial charge in [0.25, 0.3) is 0 Å². The third kappa shape index (κ3) is 2.04. The molecule has 0 spiro atoms. The van der Waals surface area contributed by atoms with Crippen molar-refractivity contribution in [1.29, 1.82) is 0 Å². The minimum absolute atomic E-state index is 0.670. The van der Waals surface area contributed by atoms with Crippen LogP contribution in [-0.4, -0.2) is 25.4 Å². The van der Waals surface area contributed by atoms with Gasteiger partial charge in [-0.15, -0.1) is 5.10 Å².